The predicted molar refractivity (Wildman–Crippen MR) is 61.1 cm³/mol. The molecule has 1 rings (SSSR count). The molecule has 1 aromatic carbocycles. The zero-order valence-corrected chi connectivity index (χ0v) is 10.4. The maximum absolute atomic E-state index is 12.9. The number of hydrogen-bond acceptors (Lipinski definition) is 4. The fourth-order valence-electron chi connectivity index (χ4n) is 1.19. The third-order valence-corrected chi connectivity index (χ3v) is 3.76. The van der Waals surface area contributed by atoms with E-state index >= 15 is 0 Å². The van der Waals surface area contributed by atoms with E-state index in [1.165, 1.54) is 25.3 Å². The lowest BCUT2D eigenvalue weighted by Crippen LogP contribution is -2.14. The lowest BCUT2D eigenvalue weighted by Gasteiger charge is -2.05. The number of benzene rings is 1. The number of halogens is 1. The Balaban J connectivity index is 2.51. The molecule has 17 heavy (non-hydrogen) atoms. The first-order valence-corrected chi connectivity index (χ1v) is 6.76. The van der Waals surface area contributed by atoms with Gasteiger partial charge in [-0.05, 0) is 18.2 Å². The highest BCUT2D eigenvalue weighted by Crippen LogP contribution is 2.12. The van der Waals surface area contributed by atoms with E-state index < -0.39 is 15.7 Å². The predicted octanol–water partition coefficient (Wildman–Crippen LogP) is 1.26. The van der Waals surface area contributed by atoms with Gasteiger partial charge in [0.2, 0.25) is 0 Å². The van der Waals surface area contributed by atoms with Crippen molar-refractivity contribution in [2.24, 2.45) is 0 Å². The molecule has 0 aliphatic heterocycles. The molecule has 0 bridgehead atoms. The summed E-state index contributed by atoms with van der Waals surface area (Å²) in [6.07, 6.45) is 0. The van der Waals surface area contributed by atoms with Crippen molar-refractivity contribution in [3.8, 4) is 0 Å². The van der Waals surface area contributed by atoms with E-state index in [1.54, 1.807) is 0 Å². The van der Waals surface area contributed by atoms with Gasteiger partial charge in [0.15, 0.2) is 9.84 Å². The number of rotatable bonds is 7. The fraction of sp³-hybridized carbons (Fsp3) is 0.455. The van der Waals surface area contributed by atoms with Gasteiger partial charge in [-0.25, -0.2) is 12.8 Å². The van der Waals surface area contributed by atoms with E-state index in [1.807, 2.05) is 0 Å². The molecule has 0 atom stereocenters. The Kier molecular flexibility index (Phi) is 5.54. The van der Waals surface area contributed by atoms with Crippen molar-refractivity contribution in [2.75, 3.05) is 32.7 Å². The SMILES string of the molecule is COCCOCCS(=O)(=O)c1cccc(F)c1. The van der Waals surface area contributed by atoms with Crippen LogP contribution in [-0.4, -0.2) is 41.1 Å². The van der Waals surface area contributed by atoms with Gasteiger partial charge in [-0.2, -0.15) is 0 Å². The first kappa shape index (κ1) is 14.1. The topological polar surface area (TPSA) is 52.6 Å². The van der Waals surface area contributed by atoms with E-state index in [2.05, 4.69) is 0 Å². The Bertz CT molecular complexity index is 445. The van der Waals surface area contributed by atoms with Crippen LogP contribution in [0.3, 0.4) is 0 Å². The smallest absolute Gasteiger partial charge is 0.180 e. The highest BCUT2D eigenvalue weighted by molar-refractivity contribution is 7.91. The zero-order chi connectivity index (χ0) is 12.7. The second-order valence-electron chi connectivity index (χ2n) is 3.38. The molecule has 0 aliphatic rings. The van der Waals surface area contributed by atoms with Crippen LogP contribution in [0, 0.1) is 5.82 Å². The van der Waals surface area contributed by atoms with Gasteiger partial charge >= 0.3 is 0 Å². The van der Waals surface area contributed by atoms with Crippen LogP contribution < -0.4 is 0 Å². The van der Waals surface area contributed by atoms with Gasteiger partial charge in [-0.15, -0.1) is 0 Å². The number of methoxy groups -OCH3 is 1. The molecule has 0 spiro atoms. The molecule has 0 aliphatic carbocycles. The minimum Gasteiger partial charge on any atom is -0.382 e. The molecule has 0 N–H and O–H groups in total. The van der Waals surface area contributed by atoms with Crippen LogP contribution in [0.15, 0.2) is 29.2 Å². The van der Waals surface area contributed by atoms with Gasteiger partial charge in [-0.1, -0.05) is 6.07 Å². The third kappa shape index (κ3) is 4.80. The summed E-state index contributed by atoms with van der Waals surface area (Å²) in [6, 6.07) is 4.94. The molecule has 96 valence electrons. The van der Waals surface area contributed by atoms with Gasteiger partial charge in [0.1, 0.15) is 5.82 Å². The van der Waals surface area contributed by atoms with Crippen LogP contribution in [0.2, 0.25) is 0 Å². The number of ether oxygens (including phenoxy) is 2. The third-order valence-electron chi connectivity index (χ3n) is 2.08. The van der Waals surface area contributed by atoms with Crippen LogP contribution >= 0.6 is 0 Å². The Morgan fingerprint density at radius 2 is 2.00 bits per heavy atom. The Hall–Kier alpha value is -0.980. The Labute approximate surface area is 100 Å². The maximum atomic E-state index is 12.9. The largest absolute Gasteiger partial charge is 0.382 e. The first-order valence-electron chi connectivity index (χ1n) is 5.11. The van der Waals surface area contributed by atoms with Gasteiger partial charge in [0.05, 0.1) is 30.5 Å². The summed E-state index contributed by atoms with van der Waals surface area (Å²) in [6.45, 7) is 0.831. The molecular weight excluding hydrogens is 247 g/mol. The average Bonchev–Trinajstić information content (AvgIpc) is 2.29. The van der Waals surface area contributed by atoms with Crippen molar-refractivity contribution >= 4 is 9.84 Å². The normalized spacial score (nSPS) is 11.6. The van der Waals surface area contributed by atoms with Crippen LogP contribution in [0.25, 0.3) is 0 Å². The quantitative estimate of drug-likeness (QED) is 0.694. The average molecular weight is 262 g/mol. The van der Waals surface area contributed by atoms with E-state index in [-0.39, 0.29) is 17.3 Å². The van der Waals surface area contributed by atoms with Gasteiger partial charge in [0.25, 0.3) is 0 Å². The van der Waals surface area contributed by atoms with Crippen molar-refractivity contribution in [3.63, 3.8) is 0 Å². The van der Waals surface area contributed by atoms with Gasteiger partial charge < -0.3 is 9.47 Å². The summed E-state index contributed by atoms with van der Waals surface area (Å²) >= 11 is 0. The monoisotopic (exact) mass is 262 g/mol. The van der Waals surface area contributed by atoms with Crippen molar-refractivity contribution in [2.45, 2.75) is 4.90 Å². The van der Waals surface area contributed by atoms with Gasteiger partial charge in [0, 0.05) is 7.11 Å². The Morgan fingerprint density at radius 3 is 2.65 bits per heavy atom. The van der Waals surface area contributed by atoms with Crippen molar-refractivity contribution in [3.05, 3.63) is 30.1 Å². The highest BCUT2D eigenvalue weighted by atomic mass is 32.2. The molecule has 0 saturated heterocycles. The minimum absolute atomic E-state index is 0.0205. The van der Waals surface area contributed by atoms with Gasteiger partial charge in [-0.3, -0.25) is 0 Å². The summed E-state index contributed by atoms with van der Waals surface area (Å²) in [5.41, 5.74) is 0. The fourth-order valence-corrected chi connectivity index (χ4v) is 2.34. The van der Waals surface area contributed by atoms with Crippen LogP contribution in [0.5, 0.6) is 0 Å². The van der Waals surface area contributed by atoms with E-state index in [0.717, 1.165) is 6.07 Å². The van der Waals surface area contributed by atoms with Crippen LogP contribution in [0.4, 0.5) is 4.39 Å². The molecule has 0 radical (unpaired) electrons. The molecule has 0 aromatic heterocycles. The van der Waals surface area contributed by atoms with Crippen molar-refractivity contribution in [1.82, 2.24) is 0 Å². The second-order valence-corrected chi connectivity index (χ2v) is 5.49. The summed E-state index contributed by atoms with van der Waals surface area (Å²) < 4.78 is 46.2. The lowest BCUT2D eigenvalue weighted by molar-refractivity contribution is 0.0785. The molecular formula is C11H15FO4S. The van der Waals surface area contributed by atoms with Crippen molar-refractivity contribution < 1.29 is 22.3 Å². The molecule has 0 heterocycles. The van der Waals surface area contributed by atoms with Crippen molar-refractivity contribution in [1.29, 1.82) is 0 Å². The number of sulfone groups is 1. The standard InChI is InChI=1S/C11H15FO4S/c1-15-5-6-16-7-8-17(13,14)11-4-2-3-10(12)9-11/h2-4,9H,5-8H2,1H3. The lowest BCUT2D eigenvalue weighted by atomic mass is 10.4. The van der Waals surface area contributed by atoms with E-state index in [9.17, 15) is 12.8 Å². The van der Waals surface area contributed by atoms with E-state index in [4.69, 9.17) is 9.47 Å². The summed E-state index contributed by atoms with van der Waals surface area (Å²) in [7, 11) is -1.94. The summed E-state index contributed by atoms with van der Waals surface area (Å²) in [5.74, 6) is -0.730. The molecule has 1 aromatic rings. The molecule has 0 saturated carbocycles. The molecule has 4 nitrogen and oxygen atoms in total. The minimum atomic E-state index is -3.48. The molecule has 0 unspecified atom stereocenters. The molecule has 0 amide bonds. The zero-order valence-electron chi connectivity index (χ0n) is 9.56. The summed E-state index contributed by atoms with van der Waals surface area (Å²) in [4.78, 5) is -0.0205. The first-order chi connectivity index (χ1) is 8.06. The number of hydrogen-bond donors (Lipinski definition) is 0. The van der Waals surface area contributed by atoms with Crippen LogP contribution in [0.1, 0.15) is 0 Å². The molecule has 0 fully saturated rings. The second kappa shape index (κ2) is 6.68. The Morgan fingerprint density at radius 1 is 1.24 bits per heavy atom. The highest BCUT2D eigenvalue weighted by Gasteiger charge is 2.14. The maximum Gasteiger partial charge on any atom is 0.180 e. The van der Waals surface area contributed by atoms with E-state index in [0.29, 0.717) is 13.2 Å². The summed E-state index contributed by atoms with van der Waals surface area (Å²) in [5, 5.41) is 0. The van der Waals surface area contributed by atoms with Crippen LogP contribution in [-0.2, 0) is 19.3 Å². The molecule has 6 heteroatoms.